The molecule has 5 heteroatoms. The van der Waals surface area contributed by atoms with Crippen LogP contribution in [0.3, 0.4) is 0 Å². The molecule has 0 spiro atoms. The fraction of sp³-hybridized carbons (Fsp3) is 0. The molecule has 6 aromatic rings. The summed E-state index contributed by atoms with van der Waals surface area (Å²) in [6, 6.07) is 41.2. The fourth-order valence-corrected chi connectivity index (χ4v) is 4.49. The average Bonchev–Trinajstić information content (AvgIpc) is 2.99. The van der Waals surface area contributed by atoms with Gasteiger partial charge in [0.05, 0.1) is 11.4 Å². The van der Waals surface area contributed by atoms with Gasteiger partial charge in [-0.25, -0.2) is 9.97 Å². The predicted octanol–water partition coefficient (Wildman–Crippen LogP) is 8.05. The maximum atomic E-state index is 10.7. The number of pyridine rings is 3. The molecule has 0 bridgehead atoms. The molecule has 3 heterocycles. The number of benzene rings is 3. The summed E-state index contributed by atoms with van der Waals surface area (Å²) in [5.41, 5.74) is 5.90. The van der Waals surface area contributed by atoms with Crippen molar-refractivity contribution in [2.75, 3.05) is 4.90 Å². The van der Waals surface area contributed by atoms with E-state index in [0.29, 0.717) is 0 Å². The molecule has 0 saturated carbocycles. The number of para-hydroxylation sites is 2. The van der Waals surface area contributed by atoms with Gasteiger partial charge in [-0.1, -0.05) is 78.9 Å². The fourth-order valence-electron chi connectivity index (χ4n) is 4.49. The lowest BCUT2D eigenvalue weighted by Gasteiger charge is -2.23. The summed E-state index contributed by atoms with van der Waals surface area (Å²) in [4.78, 5) is 16.5. The van der Waals surface area contributed by atoms with Crippen molar-refractivity contribution in [2.45, 2.75) is 0 Å². The van der Waals surface area contributed by atoms with Crippen LogP contribution in [0, 0.1) is 0 Å². The summed E-state index contributed by atoms with van der Waals surface area (Å²) >= 11 is 0. The zero-order valence-electron chi connectivity index (χ0n) is 20.5. The summed E-state index contributed by atoms with van der Waals surface area (Å²) in [7, 11) is 0. The van der Waals surface area contributed by atoms with Crippen molar-refractivity contribution >= 4 is 17.3 Å². The highest BCUT2D eigenvalue weighted by atomic mass is 16.3. The van der Waals surface area contributed by atoms with E-state index in [-0.39, 0.29) is 5.75 Å². The third-order valence-electron chi connectivity index (χ3n) is 6.28. The molecule has 0 aliphatic carbocycles. The molecule has 0 aliphatic rings. The van der Waals surface area contributed by atoms with Crippen molar-refractivity contribution in [3.63, 3.8) is 0 Å². The van der Waals surface area contributed by atoms with Gasteiger partial charge >= 0.3 is 0 Å². The van der Waals surface area contributed by atoms with Gasteiger partial charge in [-0.2, -0.15) is 0 Å². The summed E-state index contributed by atoms with van der Waals surface area (Å²) < 4.78 is 0. The molecule has 0 aliphatic heterocycles. The molecule has 6 rings (SSSR count). The molecule has 182 valence electrons. The lowest BCUT2D eigenvalue weighted by atomic mass is 9.96. The highest BCUT2D eigenvalue weighted by molar-refractivity contribution is 5.86. The lowest BCUT2D eigenvalue weighted by Crippen LogP contribution is -2.13. The number of aromatic nitrogens is 3. The molecule has 0 fully saturated rings. The second-order valence-corrected chi connectivity index (χ2v) is 8.74. The van der Waals surface area contributed by atoms with Crippen molar-refractivity contribution in [1.82, 2.24) is 15.0 Å². The van der Waals surface area contributed by atoms with Crippen LogP contribution in [0.15, 0.2) is 140 Å². The Morgan fingerprint density at radius 3 is 2.03 bits per heavy atom. The van der Waals surface area contributed by atoms with Gasteiger partial charge in [0.1, 0.15) is 17.4 Å². The van der Waals surface area contributed by atoms with Crippen LogP contribution in [0.25, 0.3) is 33.6 Å². The van der Waals surface area contributed by atoms with Gasteiger partial charge in [-0.15, -0.1) is 0 Å². The molecule has 0 unspecified atom stereocenters. The third kappa shape index (κ3) is 4.61. The first-order valence-electron chi connectivity index (χ1n) is 12.4. The van der Waals surface area contributed by atoms with Gasteiger partial charge in [-0.3, -0.25) is 9.88 Å². The van der Waals surface area contributed by atoms with Crippen LogP contribution in [0.5, 0.6) is 5.75 Å². The minimum atomic E-state index is 0.204. The molecule has 3 aromatic heterocycles. The first kappa shape index (κ1) is 23.1. The second kappa shape index (κ2) is 10.4. The van der Waals surface area contributed by atoms with E-state index in [9.17, 15) is 5.11 Å². The number of anilines is 3. The van der Waals surface area contributed by atoms with E-state index >= 15 is 0 Å². The molecule has 1 N–H and O–H groups in total. The quantitative estimate of drug-likeness (QED) is 0.255. The molecule has 38 heavy (non-hydrogen) atoms. The van der Waals surface area contributed by atoms with Crippen molar-refractivity contribution in [2.24, 2.45) is 0 Å². The minimum Gasteiger partial charge on any atom is -0.507 e. The van der Waals surface area contributed by atoms with Crippen molar-refractivity contribution in [1.29, 1.82) is 0 Å². The monoisotopic (exact) mass is 492 g/mol. The number of rotatable bonds is 6. The first-order valence-corrected chi connectivity index (χ1v) is 12.4. The summed E-state index contributed by atoms with van der Waals surface area (Å²) in [5, 5.41) is 10.7. The Balaban J connectivity index is 1.49. The molecule has 0 saturated heterocycles. The van der Waals surface area contributed by atoms with Gasteiger partial charge in [0.25, 0.3) is 0 Å². The number of phenolic OH excluding ortho intramolecular Hbond substituents is 1. The average molecular weight is 493 g/mol. The van der Waals surface area contributed by atoms with Gasteiger partial charge in [-0.05, 0) is 48.5 Å². The standard InChI is InChI=1S/C33H24N4O/c38-30-18-8-7-16-27(30)28-22-25(23-35-33(28)24-12-3-1-4-13-24)29-17-11-20-32(36-29)37(26-14-5-2-6-15-26)31-19-9-10-21-34-31/h1-23,38H. The number of hydrogen-bond acceptors (Lipinski definition) is 5. The molecular weight excluding hydrogens is 468 g/mol. The van der Waals surface area contributed by atoms with E-state index in [4.69, 9.17) is 9.97 Å². The maximum Gasteiger partial charge on any atom is 0.139 e. The molecule has 0 amide bonds. The Morgan fingerprint density at radius 1 is 0.553 bits per heavy atom. The topological polar surface area (TPSA) is 62.1 Å². The van der Waals surface area contributed by atoms with Crippen LogP contribution in [0.4, 0.5) is 17.3 Å². The predicted molar refractivity (Wildman–Crippen MR) is 152 cm³/mol. The normalized spacial score (nSPS) is 10.7. The maximum absolute atomic E-state index is 10.7. The van der Waals surface area contributed by atoms with Crippen LogP contribution < -0.4 is 4.90 Å². The number of hydrogen-bond donors (Lipinski definition) is 1. The number of phenols is 1. The molecule has 3 aromatic carbocycles. The Labute approximate surface area is 221 Å². The second-order valence-electron chi connectivity index (χ2n) is 8.74. The third-order valence-corrected chi connectivity index (χ3v) is 6.28. The molecule has 5 nitrogen and oxygen atoms in total. The zero-order valence-corrected chi connectivity index (χ0v) is 20.5. The lowest BCUT2D eigenvalue weighted by molar-refractivity contribution is 0.477. The van der Waals surface area contributed by atoms with Crippen LogP contribution in [-0.4, -0.2) is 20.1 Å². The zero-order chi connectivity index (χ0) is 25.7. The van der Waals surface area contributed by atoms with E-state index in [1.54, 1.807) is 12.3 Å². The van der Waals surface area contributed by atoms with E-state index in [2.05, 4.69) is 4.98 Å². The Morgan fingerprint density at radius 2 is 1.26 bits per heavy atom. The highest BCUT2D eigenvalue weighted by Gasteiger charge is 2.17. The minimum absolute atomic E-state index is 0.204. The van der Waals surface area contributed by atoms with Crippen molar-refractivity contribution < 1.29 is 5.11 Å². The number of aromatic hydroxyl groups is 1. The summed E-state index contributed by atoms with van der Waals surface area (Å²) in [5.74, 6) is 1.72. The summed E-state index contributed by atoms with van der Waals surface area (Å²) in [6.45, 7) is 0. The van der Waals surface area contributed by atoms with Gasteiger partial charge in [0.2, 0.25) is 0 Å². The van der Waals surface area contributed by atoms with E-state index in [1.807, 2.05) is 132 Å². The Kier molecular flexibility index (Phi) is 6.31. The van der Waals surface area contributed by atoms with Crippen LogP contribution in [0.1, 0.15) is 0 Å². The largest absolute Gasteiger partial charge is 0.507 e. The van der Waals surface area contributed by atoms with Gasteiger partial charge in [0, 0.05) is 40.3 Å². The van der Waals surface area contributed by atoms with Crippen molar-refractivity contribution in [3.05, 3.63) is 140 Å². The Bertz CT molecular complexity index is 1630. The van der Waals surface area contributed by atoms with E-state index in [1.165, 1.54) is 0 Å². The summed E-state index contributed by atoms with van der Waals surface area (Å²) in [6.07, 6.45) is 3.62. The SMILES string of the molecule is Oc1ccccc1-c1cc(-c2cccc(N(c3ccccc3)c3ccccn3)n2)cnc1-c1ccccc1. The van der Waals surface area contributed by atoms with Crippen LogP contribution >= 0.6 is 0 Å². The van der Waals surface area contributed by atoms with Crippen LogP contribution in [0.2, 0.25) is 0 Å². The van der Waals surface area contributed by atoms with Crippen molar-refractivity contribution in [3.8, 4) is 39.4 Å². The number of nitrogens with zero attached hydrogens (tertiary/aromatic N) is 4. The van der Waals surface area contributed by atoms with Gasteiger partial charge < -0.3 is 5.11 Å². The van der Waals surface area contributed by atoms with Crippen LogP contribution in [-0.2, 0) is 0 Å². The van der Waals surface area contributed by atoms with Gasteiger partial charge in [0.15, 0.2) is 0 Å². The highest BCUT2D eigenvalue weighted by Crippen LogP contribution is 2.38. The first-order chi connectivity index (χ1) is 18.8. The molecule has 0 atom stereocenters. The van der Waals surface area contributed by atoms with E-state index in [0.717, 1.165) is 51.0 Å². The van der Waals surface area contributed by atoms with E-state index < -0.39 is 0 Å². The Hall–Kier alpha value is -5.29. The smallest absolute Gasteiger partial charge is 0.139 e. The molecular formula is C33H24N4O. The molecule has 0 radical (unpaired) electrons.